The van der Waals surface area contributed by atoms with Gasteiger partial charge in [0.15, 0.2) is 0 Å². The van der Waals surface area contributed by atoms with Crippen molar-refractivity contribution >= 4 is 34.5 Å². The van der Waals surface area contributed by atoms with Crippen LogP contribution < -0.4 is 11.1 Å². The van der Waals surface area contributed by atoms with Crippen LogP contribution in [-0.2, 0) is 4.79 Å². The lowest BCUT2D eigenvalue weighted by Crippen LogP contribution is -2.39. The topological polar surface area (TPSA) is 68.0 Å². The average Bonchev–Trinajstić information content (AvgIpc) is 2.79. The van der Waals surface area contributed by atoms with Gasteiger partial charge >= 0.3 is 0 Å². The third-order valence-corrected chi connectivity index (χ3v) is 3.72. The quantitative estimate of drug-likeness (QED) is 0.777. The fraction of sp³-hybridized carbons (Fsp3) is 0.545. The van der Waals surface area contributed by atoms with Crippen molar-refractivity contribution in [1.29, 1.82) is 0 Å². The maximum Gasteiger partial charge on any atom is 0.230 e. The monoisotopic (exact) mass is 271 g/mol. The summed E-state index contributed by atoms with van der Waals surface area (Å²) < 4.78 is 0. The van der Waals surface area contributed by atoms with E-state index in [0.717, 1.165) is 11.4 Å². The van der Waals surface area contributed by atoms with Crippen LogP contribution in [0.15, 0.2) is 11.6 Å². The summed E-state index contributed by atoms with van der Waals surface area (Å²) >= 11 is 6.42. The molecule has 0 aliphatic heterocycles. The molecule has 2 unspecified atom stereocenters. The first-order valence-corrected chi connectivity index (χ1v) is 6.88. The van der Waals surface area contributed by atoms with Gasteiger partial charge in [0.25, 0.3) is 0 Å². The molecule has 0 saturated heterocycles. The van der Waals surface area contributed by atoms with Crippen LogP contribution in [0.4, 0.5) is 0 Å². The largest absolute Gasteiger partial charge is 0.393 e. The number of aromatic nitrogens is 1. The van der Waals surface area contributed by atoms with Crippen LogP contribution in [0.1, 0.15) is 37.7 Å². The molecular weight excluding hydrogens is 254 g/mol. The summed E-state index contributed by atoms with van der Waals surface area (Å²) in [6.07, 6.45) is 3.15. The molecule has 0 aromatic carbocycles. The van der Waals surface area contributed by atoms with E-state index in [-0.39, 0.29) is 22.9 Å². The van der Waals surface area contributed by atoms with Gasteiger partial charge in [0.2, 0.25) is 5.91 Å². The molecule has 0 fully saturated rings. The van der Waals surface area contributed by atoms with E-state index < -0.39 is 0 Å². The molecule has 4 nitrogen and oxygen atoms in total. The van der Waals surface area contributed by atoms with Crippen LogP contribution in [-0.4, -0.2) is 15.9 Å². The summed E-state index contributed by atoms with van der Waals surface area (Å²) in [5, 5.41) is 5.76. The Morgan fingerprint density at radius 1 is 1.59 bits per heavy atom. The average molecular weight is 271 g/mol. The summed E-state index contributed by atoms with van der Waals surface area (Å²) in [6, 6.07) is -0.0501. The third-order valence-electron chi connectivity index (χ3n) is 2.54. The molecule has 0 bridgehead atoms. The summed E-state index contributed by atoms with van der Waals surface area (Å²) in [5.74, 6) is -0.499. The number of carbonyl (C=O) groups excluding carboxylic acids is 1. The van der Waals surface area contributed by atoms with E-state index >= 15 is 0 Å². The first kappa shape index (κ1) is 14.1. The molecule has 0 spiro atoms. The molecule has 1 amide bonds. The van der Waals surface area contributed by atoms with E-state index in [1.807, 2.05) is 19.2 Å². The minimum Gasteiger partial charge on any atom is -0.393 e. The predicted molar refractivity (Wildman–Crippen MR) is 73.9 cm³/mol. The van der Waals surface area contributed by atoms with Gasteiger partial charge in [-0.1, -0.05) is 26.1 Å². The van der Waals surface area contributed by atoms with E-state index in [9.17, 15) is 4.79 Å². The number of nitrogens with one attached hydrogen (secondary N) is 1. The van der Waals surface area contributed by atoms with Crippen LogP contribution >= 0.6 is 23.6 Å². The molecule has 3 N–H and O–H groups in total. The molecule has 2 atom stereocenters. The van der Waals surface area contributed by atoms with E-state index in [4.69, 9.17) is 18.0 Å². The summed E-state index contributed by atoms with van der Waals surface area (Å²) in [6.45, 7) is 3.90. The van der Waals surface area contributed by atoms with E-state index in [2.05, 4.69) is 10.3 Å². The van der Waals surface area contributed by atoms with E-state index in [1.54, 1.807) is 6.20 Å². The lowest BCUT2D eigenvalue weighted by molar-refractivity contribution is -0.123. The molecule has 0 aliphatic rings. The first-order valence-electron chi connectivity index (χ1n) is 5.59. The van der Waals surface area contributed by atoms with Crippen molar-refractivity contribution in [1.82, 2.24) is 10.3 Å². The van der Waals surface area contributed by atoms with Crippen LogP contribution in [0.25, 0.3) is 0 Å². The molecule has 94 valence electrons. The maximum atomic E-state index is 12.0. The molecule has 6 heteroatoms. The van der Waals surface area contributed by atoms with Gasteiger partial charge in [-0.05, 0) is 12.8 Å². The predicted octanol–water partition coefficient (Wildman–Crippen LogP) is 2.02. The van der Waals surface area contributed by atoms with Gasteiger partial charge in [-0.2, -0.15) is 0 Å². The molecule has 1 aromatic rings. The summed E-state index contributed by atoms with van der Waals surface area (Å²) in [7, 11) is 0. The zero-order valence-electron chi connectivity index (χ0n) is 9.97. The highest BCUT2D eigenvalue weighted by Gasteiger charge is 2.23. The Morgan fingerprint density at radius 2 is 2.29 bits per heavy atom. The fourth-order valence-corrected chi connectivity index (χ4v) is 2.58. The number of nitrogens with two attached hydrogens (primary N) is 1. The minimum atomic E-state index is -0.390. The number of hydrogen-bond acceptors (Lipinski definition) is 4. The molecule has 17 heavy (non-hydrogen) atoms. The normalized spacial score (nSPS) is 14.0. The number of carbonyl (C=O) groups is 1. The van der Waals surface area contributed by atoms with Crippen molar-refractivity contribution in [3.63, 3.8) is 0 Å². The zero-order valence-corrected chi connectivity index (χ0v) is 11.6. The smallest absolute Gasteiger partial charge is 0.230 e. The Kier molecular flexibility index (Phi) is 5.50. The van der Waals surface area contributed by atoms with Gasteiger partial charge in [0.05, 0.1) is 16.9 Å². The highest BCUT2D eigenvalue weighted by atomic mass is 32.1. The van der Waals surface area contributed by atoms with Crippen molar-refractivity contribution < 1.29 is 4.79 Å². The fourth-order valence-electron chi connectivity index (χ4n) is 1.53. The van der Waals surface area contributed by atoms with Crippen molar-refractivity contribution in [3.05, 3.63) is 16.6 Å². The molecule has 1 heterocycles. The Hall–Kier alpha value is -1.01. The Morgan fingerprint density at radius 3 is 2.71 bits per heavy atom. The van der Waals surface area contributed by atoms with Crippen molar-refractivity contribution in [2.75, 3.05) is 0 Å². The second kappa shape index (κ2) is 6.66. The number of amides is 1. The number of thiocarbonyl (C=S) groups is 1. The van der Waals surface area contributed by atoms with Gasteiger partial charge in [0, 0.05) is 11.6 Å². The van der Waals surface area contributed by atoms with Crippen LogP contribution in [0, 0.1) is 5.92 Å². The van der Waals surface area contributed by atoms with Crippen molar-refractivity contribution in [3.8, 4) is 0 Å². The van der Waals surface area contributed by atoms with Gasteiger partial charge in [-0.3, -0.25) is 4.79 Å². The third kappa shape index (κ3) is 3.74. The summed E-state index contributed by atoms with van der Waals surface area (Å²) in [4.78, 5) is 16.4. The molecular formula is C11H17N3OS2. The molecule has 0 aliphatic carbocycles. The van der Waals surface area contributed by atoms with Gasteiger partial charge in [-0.15, -0.1) is 11.3 Å². The van der Waals surface area contributed by atoms with Crippen molar-refractivity contribution in [2.24, 2.45) is 11.7 Å². The van der Waals surface area contributed by atoms with Crippen LogP contribution in [0.3, 0.4) is 0 Å². The number of hydrogen-bond donors (Lipinski definition) is 2. The first-order chi connectivity index (χ1) is 8.10. The Bertz CT molecular complexity index is 378. The van der Waals surface area contributed by atoms with E-state index in [0.29, 0.717) is 6.42 Å². The second-order valence-electron chi connectivity index (χ2n) is 3.70. The van der Waals surface area contributed by atoms with Crippen molar-refractivity contribution in [2.45, 2.75) is 32.7 Å². The Balaban J connectivity index is 2.69. The molecule has 1 rings (SSSR count). The molecule has 1 aromatic heterocycles. The van der Waals surface area contributed by atoms with Crippen LogP contribution in [0.5, 0.6) is 0 Å². The maximum absolute atomic E-state index is 12.0. The van der Waals surface area contributed by atoms with Crippen LogP contribution in [0.2, 0.25) is 0 Å². The SMILES string of the molecule is CCC(C(=O)NC(CC)c1nccs1)C(N)=S. The van der Waals surface area contributed by atoms with Gasteiger partial charge in [0.1, 0.15) is 5.01 Å². The molecule has 0 radical (unpaired) electrons. The van der Waals surface area contributed by atoms with Gasteiger partial charge < -0.3 is 11.1 Å². The number of rotatable bonds is 6. The highest BCUT2D eigenvalue weighted by molar-refractivity contribution is 7.80. The standard InChI is InChI=1S/C11H17N3OS2/c1-3-7(9(12)16)10(15)14-8(4-2)11-13-5-6-17-11/h5-8H,3-4H2,1-2H3,(H2,12,16)(H,14,15). The number of nitrogens with zero attached hydrogens (tertiary/aromatic N) is 1. The lowest BCUT2D eigenvalue weighted by Gasteiger charge is -2.18. The summed E-state index contributed by atoms with van der Waals surface area (Å²) in [5.41, 5.74) is 5.54. The zero-order chi connectivity index (χ0) is 12.8. The molecule has 0 saturated carbocycles. The van der Waals surface area contributed by atoms with E-state index in [1.165, 1.54) is 11.3 Å². The number of thiazole rings is 1. The van der Waals surface area contributed by atoms with Gasteiger partial charge in [-0.25, -0.2) is 4.98 Å². The second-order valence-corrected chi connectivity index (χ2v) is 5.10. The lowest BCUT2D eigenvalue weighted by atomic mass is 10.1. The minimum absolute atomic E-state index is 0.0501. The Labute approximate surface area is 111 Å². The highest BCUT2D eigenvalue weighted by Crippen LogP contribution is 2.19.